The lowest BCUT2D eigenvalue weighted by molar-refractivity contribution is -0.120. The second kappa shape index (κ2) is 10.5. The lowest BCUT2D eigenvalue weighted by Crippen LogP contribution is -2.39. The molecule has 2 unspecified atom stereocenters. The van der Waals surface area contributed by atoms with Crippen molar-refractivity contribution in [1.82, 2.24) is 10.2 Å². The molecule has 1 saturated heterocycles. The number of carbonyl (C=O) groups is 1. The molecule has 150 valence electrons. The first kappa shape index (κ1) is 20.7. The molecular weight excluding hydrogens is 368 g/mol. The number of nitrogens with zero attached hydrogens (tertiary/aromatic N) is 1. The average Bonchev–Trinajstić information content (AvgIpc) is 3.27. The molecule has 1 N–H and O–H groups in total. The van der Waals surface area contributed by atoms with Gasteiger partial charge in [0.1, 0.15) is 5.75 Å². The van der Waals surface area contributed by atoms with Crippen molar-refractivity contribution < 1.29 is 9.53 Å². The summed E-state index contributed by atoms with van der Waals surface area (Å²) >= 11 is 1.68. The van der Waals surface area contributed by atoms with Crippen LogP contribution in [0.15, 0.2) is 54.6 Å². The Hall–Kier alpha value is -1.98. The molecule has 0 bridgehead atoms. The van der Waals surface area contributed by atoms with E-state index < -0.39 is 0 Å². The molecule has 0 radical (unpaired) electrons. The number of methoxy groups -OCH3 is 1. The minimum absolute atomic E-state index is 0.0738. The Morgan fingerprint density at radius 2 is 1.79 bits per heavy atom. The van der Waals surface area contributed by atoms with Gasteiger partial charge in [0.2, 0.25) is 5.91 Å². The van der Waals surface area contributed by atoms with Crippen molar-refractivity contribution in [2.24, 2.45) is 0 Å². The number of likely N-dealkylation sites (tertiary alicyclic amines) is 1. The molecule has 1 aliphatic heterocycles. The third-order valence-corrected chi connectivity index (χ3v) is 6.48. The number of nitrogens with one attached hydrogen (secondary N) is 1. The van der Waals surface area contributed by atoms with E-state index in [1.165, 1.54) is 24.0 Å². The molecule has 5 heteroatoms. The quantitative estimate of drug-likeness (QED) is 0.685. The van der Waals surface area contributed by atoms with Gasteiger partial charge in [0.25, 0.3) is 0 Å². The lowest BCUT2D eigenvalue weighted by Gasteiger charge is -2.28. The third-order valence-electron chi connectivity index (χ3n) is 5.26. The maximum atomic E-state index is 12.6. The first-order valence-corrected chi connectivity index (χ1v) is 11.0. The monoisotopic (exact) mass is 398 g/mol. The van der Waals surface area contributed by atoms with Gasteiger partial charge in [-0.1, -0.05) is 42.5 Å². The number of amides is 1. The Labute approximate surface area is 172 Å². The zero-order valence-electron chi connectivity index (χ0n) is 16.8. The molecule has 2 atom stereocenters. The van der Waals surface area contributed by atoms with Crippen molar-refractivity contribution in [3.8, 4) is 5.75 Å². The van der Waals surface area contributed by atoms with E-state index >= 15 is 0 Å². The van der Waals surface area contributed by atoms with Crippen LogP contribution < -0.4 is 10.1 Å². The highest BCUT2D eigenvalue weighted by atomic mass is 32.2. The molecule has 1 heterocycles. The topological polar surface area (TPSA) is 41.6 Å². The average molecular weight is 399 g/mol. The van der Waals surface area contributed by atoms with E-state index in [-0.39, 0.29) is 17.2 Å². The molecule has 0 aromatic heterocycles. The number of carbonyl (C=O) groups excluding carboxylic acids is 1. The van der Waals surface area contributed by atoms with Crippen LogP contribution in [0.3, 0.4) is 0 Å². The zero-order chi connectivity index (χ0) is 19.8. The first-order chi connectivity index (χ1) is 13.7. The van der Waals surface area contributed by atoms with E-state index in [9.17, 15) is 4.79 Å². The van der Waals surface area contributed by atoms with Gasteiger partial charge in [-0.2, -0.15) is 0 Å². The van der Waals surface area contributed by atoms with Gasteiger partial charge in [0.05, 0.1) is 18.4 Å². The fourth-order valence-corrected chi connectivity index (χ4v) is 4.42. The van der Waals surface area contributed by atoms with Crippen molar-refractivity contribution >= 4 is 17.7 Å². The Morgan fingerprint density at radius 1 is 1.11 bits per heavy atom. The molecular formula is C23H30N2O2S. The molecule has 4 nitrogen and oxygen atoms in total. The molecule has 0 aliphatic carbocycles. The van der Waals surface area contributed by atoms with Gasteiger partial charge in [-0.15, -0.1) is 11.8 Å². The van der Waals surface area contributed by atoms with Crippen molar-refractivity contribution in [2.75, 3.05) is 26.7 Å². The molecule has 2 aromatic carbocycles. The van der Waals surface area contributed by atoms with Crippen molar-refractivity contribution in [2.45, 2.75) is 36.8 Å². The van der Waals surface area contributed by atoms with Crippen LogP contribution in [-0.2, 0) is 10.5 Å². The number of hydrogen-bond donors (Lipinski definition) is 1. The molecule has 1 fully saturated rings. The van der Waals surface area contributed by atoms with E-state index in [0.29, 0.717) is 6.54 Å². The Bertz CT molecular complexity index is 730. The summed E-state index contributed by atoms with van der Waals surface area (Å²) in [4.78, 5) is 15.1. The Morgan fingerprint density at radius 3 is 2.43 bits per heavy atom. The van der Waals surface area contributed by atoms with Crippen LogP contribution in [0.25, 0.3) is 0 Å². The van der Waals surface area contributed by atoms with Crippen LogP contribution >= 0.6 is 11.8 Å². The van der Waals surface area contributed by atoms with Gasteiger partial charge < -0.3 is 10.1 Å². The smallest absolute Gasteiger partial charge is 0.232 e. The zero-order valence-corrected chi connectivity index (χ0v) is 17.6. The summed E-state index contributed by atoms with van der Waals surface area (Å²) in [6.45, 7) is 4.80. The van der Waals surface area contributed by atoms with E-state index in [4.69, 9.17) is 4.74 Å². The third kappa shape index (κ3) is 5.76. The van der Waals surface area contributed by atoms with Gasteiger partial charge >= 0.3 is 0 Å². The molecule has 1 amide bonds. The number of rotatable bonds is 9. The van der Waals surface area contributed by atoms with Crippen LogP contribution in [-0.4, -0.2) is 42.8 Å². The van der Waals surface area contributed by atoms with Crippen LogP contribution in [0.2, 0.25) is 0 Å². The molecule has 0 spiro atoms. The molecule has 28 heavy (non-hydrogen) atoms. The van der Waals surface area contributed by atoms with Gasteiger partial charge in [-0.05, 0) is 56.1 Å². The summed E-state index contributed by atoms with van der Waals surface area (Å²) in [6, 6.07) is 18.7. The summed E-state index contributed by atoms with van der Waals surface area (Å²) in [5.41, 5.74) is 2.48. The standard InChI is InChI=1S/C23H30N2O2S/c1-18(28-17-19-8-4-3-5-9-19)23(26)24-16-22(25-14-6-7-15-25)20-10-12-21(27-2)13-11-20/h3-5,8-13,18,22H,6-7,14-17H2,1-2H3,(H,24,26). The maximum Gasteiger partial charge on any atom is 0.232 e. The van der Waals surface area contributed by atoms with Gasteiger partial charge in [-0.3, -0.25) is 9.69 Å². The first-order valence-electron chi connectivity index (χ1n) is 9.98. The van der Waals surface area contributed by atoms with Gasteiger partial charge in [-0.25, -0.2) is 0 Å². The number of hydrogen-bond acceptors (Lipinski definition) is 4. The highest BCUT2D eigenvalue weighted by molar-refractivity contribution is 7.99. The SMILES string of the molecule is COc1ccc(C(CNC(=O)C(C)SCc2ccccc2)N2CCCC2)cc1. The fourth-order valence-electron chi connectivity index (χ4n) is 3.55. The molecule has 2 aromatic rings. The number of ether oxygens (including phenoxy) is 1. The summed E-state index contributed by atoms with van der Waals surface area (Å²) in [7, 11) is 1.68. The summed E-state index contributed by atoms with van der Waals surface area (Å²) < 4.78 is 5.28. The molecule has 0 saturated carbocycles. The maximum absolute atomic E-state index is 12.6. The van der Waals surface area contributed by atoms with Gasteiger partial charge in [0.15, 0.2) is 0 Å². The van der Waals surface area contributed by atoms with Crippen LogP contribution in [0.4, 0.5) is 0 Å². The Balaban J connectivity index is 1.56. The summed E-state index contributed by atoms with van der Waals surface area (Å²) in [5.74, 6) is 1.82. The summed E-state index contributed by atoms with van der Waals surface area (Å²) in [6.07, 6.45) is 2.45. The number of thioether (sulfide) groups is 1. The van der Waals surface area contributed by atoms with E-state index in [2.05, 4.69) is 34.5 Å². The highest BCUT2D eigenvalue weighted by Crippen LogP contribution is 2.26. The van der Waals surface area contributed by atoms with Crippen LogP contribution in [0, 0.1) is 0 Å². The Kier molecular flexibility index (Phi) is 7.80. The fraction of sp³-hybridized carbons (Fsp3) is 0.435. The van der Waals surface area contributed by atoms with Crippen LogP contribution in [0.5, 0.6) is 5.75 Å². The van der Waals surface area contributed by atoms with Crippen molar-refractivity contribution in [3.63, 3.8) is 0 Å². The van der Waals surface area contributed by atoms with Crippen molar-refractivity contribution in [3.05, 3.63) is 65.7 Å². The normalized spacial score (nSPS) is 16.5. The predicted octanol–water partition coefficient (Wildman–Crippen LogP) is 4.27. The minimum atomic E-state index is -0.0738. The van der Waals surface area contributed by atoms with E-state index in [1.807, 2.05) is 37.3 Å². The highest BCUT2D eigenvalue weighted by Gasteiger charge is 2.25. The van der Waals surface area contributed by atoms with Crippen molar-refractivity contribution in [1.29, 1.82) is 0 Å². The van der Waals surface area contributed by atoms with E-state index in [0.717, 1.165) is 24.6 Å². The predicted molar refractivity (Wildman–Crippen MR) is 117 cm³/mol. The second-order valence-electron chi connectivity index (χ2n) is 7.22. The minimum Gasteiger partial charge on any atom is -0.497 e. The van der Waals surface area contributed by atoms with Crippen LogP contribution in [0.1, 0.15) is 36.9 Å². The lowest BCUT2D eigenvalue weighted by atomic mass is 10.1. The summed E-state index contributed by atoms with van der Waals surface area (Å²) in [5, 5.41) is 3.12. The van der Waals surface area contributed by atoms with Gasteiger partial charge in [0, 0.05) is 12.3 Å². The largest absolute Gasteiger partial charge is 0.497 e. The second-order valence-corrected chi connectivity index (χ2v) is 8.55. The number of benzene rings is 2. The molecule has 3 rings (SSSR count). The molecule has 1 aliphatic rings. The van der Waals surface area contributed by atoms with E-state index in [1.54, 1.807) is 18.9 Å².